The van der Waals surface area contributed by atoms with Crippen molar-refractivity contribution in [2.45, 2.75) is 20.0 Å². The molecule has 1 aromatic carbocycles. The van der Waals surface area contributed by atoms with Crippen LogP contribution in [0.3, 0.4) is 0 Å². The van der Waals surface area contributed by atoms with Crippen LogP contribution in [-0.2, 0) is 11.0 Å². The number of ether oxygens (including phenoxy) is 1. The molecule has 1 heterocycles. The second kappa shape index (κ2) is 7.29. The van der Waals surface area contributed by atoms with Crippen molar-refractivity contribution < 1.29 is 31.9 Å². The fourth-order valence-electron chi connectivity index (χ4n) is 2.00. The number of aryl methyl sites for hydroxylation is 2. The van der Waals surface area contributed by atoms with E-state index >= 15 is 0 Å². The van der Waals surface area contributed by atoms with Crippen LogP contribution in [0.2, 0.25) is 0 Å². The van der Waals surface area contributed by atoms with E-state index in [2.05, 4.69) is 10.9 Å². The molecule has 0 spiro atoms. The summed E-state index contributed by atoms with van der Waals surface area (Å²) in [5, 5.41) is 0. The first-order valence-corrected chi connectivity index (χ1v) is 7.13. The molecule has 2 N–H and O–H groups in total. The number of alkyl halides is 3. The Morgan fingerprint density at radius 2 is 1.88 bits per heavy atom. The number of carbonyl (C=O) groups excluding carboxylic acids is 2. The normalized spacial score (nSPS) is 11.1. The van der Waals surface area contributed by atoms with Crippen LogP contribution in [0.5, 0.6) is 5.75 Å². The molecule has 0 aliphatic rings. The second-order valence-corrected chi connectivity index (χ2v) is 5.14. The minimum Gasteiger partial charge on any atom is -0.484 e. The highest BCUT2D eigenvalue weighted by Crippen LogP contribution is 2.31. The Balaban J connectivity index is 1.85. The Morgan fingerprint density at radius 1 is 1.16 bits per heavy atom. The van der Waals surface area contributed by atoms with Crippen molar-refractivity contribution in [3.05, 3.63) is 53.0 Å². The zero-order chi connectivity index (χ0) is 18.6. The Hall–Kier alpha value is -2.97. The summed E-state index contributed by atoms with van der Waals surface area (Å²) in [7, 11) is 0. The maximum atomic E-state index is 12.6. The van der Waals surface area contributed by atoms with Crippen molar-refractivity contribution in [3.8, 4) is 5.75 Å². The van der Waals surface area contributed by atoms with Crippen LogP contribution in [0.1, 0.15) is 27.4 Å². The lowest BCUT2D eigenvalue weighted by Crippen LogP contribution is -2.43. The number of rotatable bonds is 4. The van der Waals surface area contributed by atoms with Gasteiger partial charge >= 0.3 is 6.18 Å². The Kier molecular flexibility index (Phi) is 5.35. The lowest BCUT2D eigenvalue weighted by atomic mass is 10.2. The molecule has 9 heteroatoms. The standard InChI is InChI=1S/C16H15F3N2O4/c1-9-6-13(10(2)25-9)15(23)21-20-14(22)8-24-12-5-3-4-11(7-12)16(17,18)19/h3-7H,8H2,1-2H3,(H,20,22)(H,21,23). The predicted molar refractivity (Wildman–Crippen MR) is 80.7 cm³/mol. The van der Waals surface area contributed by atoms with Crippen molar-refractivity contribution in [2.75, 3.05) is 6.61 Å². The first-order valence-electron chi connectivity index (χ1n) is 7.13. The van der Waals surface area contributed by atoms with E-state index in [0.717, 1.165) is 12.1 Å². The number of hydrogen-bond acceptors (Lipinski definition) is 4. The van der Waals surface area contributed by atoms with Crippen molar-refractivity contribution in [1.29, 1.82) is 0 Å². The van der Waals surface area contributed by atoms with E-state index in [1.807, 2.05) is 0 Å². The molecular formula is C16H15F3N2O4. The van der Waals surface area contributed by atoms with Gasteiger partial charge in [-0.25, -0.2) is 0 Å². The van der Waals surface area contributed by atoms with Crippen LogP contribution in [-0.4, -0.2) is 18.4 Å². The zero-order valence-electron chi connectivity index (χ0n) is 13.4. The zero-order valence-corrected chi connectivity index (χ0v) is 13.4. The topological polar surface area (TPSA) is 80.6 Å². The first kappa shape index (κ1) is 18.4. The summed E-state index contributed by atoms with van der Waals surface area (Å²) in [6, 6.07) is 5.64. The molecule has 134 valence electrons. The number of hydrogen-bond donors (Lipinski definition) is 2. The molecule has 0 aliphatic carbocycles. The maximum Gasteiger partial charge on any atom is 0.416 e. The maximum absolute atomic E-state index is 12.6. The van der Waals surface area contributed by atoms with Gasteiger partial charge in [0, 0.05) is 0 Å². The van der Waals surface area contributed by atoms with E-state index < -0.39 is 30.2 Å². The van der Waals surface area contributed by atoms with Crippen molar-refractivity contribution in [3.63, 3.8) is 0 Å². The van der Waals surface area contributed by atoms with Gasteiger partial charge in [-0.3, -0.25) is 20.4 Å². The van der Waals surface area contributed by atoms with Gasteiger partial charge < -0.3 is 9.15 Å². The first-order chi connectivity index (χ1) is 11.7. The van der Waals surface area contributed by atoms with E-state index in [4.69, 9.17) is 9.15 Å². The molecule has 0 saturated carbocycles. The van der Waals surface area contributed by atoms with Gasteiger partial charge in [-0.2, -0.15) is 13.2 Å². The van der Waals surface area contributed by atoms with Crippen LogP contribution in [0.4, 0.5) is 13.2 Å². The molecule has 0 aliphatic heterocycles. The Morgan fingerprint density at radius 3 is 2.48 bits per heavy atom. The molecule has 1 aromatic heterocycles. The summed E-state index contributed by atoms with van der Waals surface area (Å²) < 4.78 is 47.9. The van der Waals surface area contributed by atoms with Crippen molar-refractivity contribution in [2.24, 2.45) is 0 Å². The highest BCUT2D eigenvalue weighted by Gasteiger charge is 2.30. The van der Waals surface area contributed by atoms with E-state index in [-0.39, 0.29) is 11.3 Å². The molecule has 0 bridgehead atoms. The number of hydrazine groups is 1. The van der Waals surface area contributed by atoms with Gasteiger partial charge in [0.25, 0.3) is 11.8 Å². The van der Waals surface area contributed by atoms with E-state index in [0.29, 0.717) is 11.5 Å². The number of nitrogens with one attached hydrogen (secondary N) is 2. The third-order valence-corrected chi connectivity index (χ3v) is 3.13. The minimum atomic E-state index is -4.50. The van der Waals surface area contributed by atoms with Gasteiger partial charge in [-0.1, -0.05) is 6.07 Å². The predicted octanol–water partition coefficient (Wildman–Crippen LogP) is 2.76. The highest BCUT2D eigenvalue weighted by atomic mass is 19.4. The van der Waals surface area contributed by atoms with Crippen LogP contribution in [0.25, 0.3) is 0 Å². The van der Waals surface area contributed by atoms with Crippen LogP contribution in [0, 0.1) is 13.8 Å². The largest absolute Gasteiger partial charge is 0.484 e. The molecule has 6 nitrogen and oxygen atoms in total. The third-order valence-electron chi connectivity index (χ3n) is 3.13. The Bertz CT molecular complexity index is 784. The molecule has 0 atom stereocenters. The summed E-state index contributed by atoms with van der Waals surface area (Å²) in [6.07, 6.45) is -4.50. The van der Waals surface area contributed by atoms with E-state index in [1.165, 1.54) is 18.2 Å². The molecule has 2 aromatic rings. The highest BCUT2D eigenvalue weighted by molar-refractivity contribution is 5.96. The summed E-state index contributed by atoms with van der Waals surface area (Å²) >= 11 is 0. The quantitative estimate of drug-likeness (QED) is 0.826. The summed E-state index contributed by atoms with van der Waals surface area (Å²) in [5.74, 6) is -0.491. The van der Waals surface area contributed by atoms with Gasteiger partial charge in [0.1, 0.15) is 17.3 Å². The number of furan rings is 1. The number of benzene rings is 1. The fraction of sp³-hybridized carbons (Fsp3) is 0.250. The number of halogens is 3. The monoisotopic (exact) mass is 356 g/mol. The minimum absolute atomic E-state index is 0.113. The van der Waals surface area contributed by atoms with Crippen molar-refractivity contribution in [1.82, 2.24) is 10.9 Å². The third kappa shape index (κ3) is 5.00. The smallest absolute Gasteiger partial charge is 0.416 e. The molecule has 0 saturated heterocycles. The summed E-state index contributed by atoms with van der Waals surface area (Å²) in [4.78, 5) is 23.5. The average Bonchev–Trinajstić information content (AvgIpc) is 2.88. The van der Waals surface area contributed by atoms with Gasteiger partial charge in [0.05, 0.1) is 11.1 Å². The molecule has 25 heavy (non-hydrogen) atoms. The SMILES string of the molecule is Cc1cc(C(=O)NNC(=O)COc2cccc(C(F)(F)F)c2)c(C)o1. The fourth-order valence-corrected chi connectivity index (χ4v) is 2.00. The lowest BCUT2D eigenvalue weighted by Gasteiger charge is -2.10. The van der Waals surface area contributed by atoms with E-state index in [9.17, 15) is 22.8 Å². The van der Waals surface area contributed by atoms with Crippen molar-refractivity contribution >= 4 is 11.8 Å². The lowest BCUT2D eigenvalue weighted by molar-refractivity contribution is -0.137. The summed E-state index contributed by atoms with van der Waals surface area (Å²) in [6.45, 7) is 2.71. The van der Waals surface area contributed by atoms with Crippen LogP contribution in [0.15, 0.2) is 34.7 Å². The van der Waals surface area contributed by atoms with Gasteiger partial charge in [0.2, 0.25) is 0 Å². The Labute approximate surface area is 140 Å². The van der Waals surface area contributed by atoms with Crippen LogP contribution >= 0.6 is 0 Å². The summed E-state index contributed by atoms with van der Waals surface area (Å²) in [5.41, 5.74) is 3.65. The molecular weight excluding hydrogens is 341 g/mol. The molecule has 2 amide bonds. The van der Waals surface area contributed by atoms with Gasteiger partial charge in [-0.05, 0) is 38.1 Å². The average molecular weight is 356 g/mol. The van der Waals surface area contributed by atoms with Gasteiger partial charge in [0.15, 0.2) is 6.61 Å². The number of carbonyl (C=O) groups is 2. The van der Waals surface area contributed by atoms with Gasteiger partial charge in [-0.15, -0.1) is 0 Å². The molecule has 2 rings (SSSR count). The number of amides is 2. The molecule has 0 fully saturated rings. The van der Waals surface area contributed by atoms with Crippen LogP contribution < -0.4 is 15.6 Å². The molecule has 0 unspecified atom stereocenters. The molecule has 0 radical (unpaired) electrons. The second-order valence-electron chi connectivity index (χ2n) is 5.14. The van der Waals surface area contributed by atoms with E-state index in [1.54, 1.807) is 13.8 Å².